The standard InChI is InChI=1S/C15H22IN3O2/c1-2-9-18(13-6-4-12(17)5-7-13)14-8-3-11(16)10-15(14)19(20)21/h3,8,10,12-13H,2,4-7,9,17H2,1H3. The topological polar surface area (TPSA) is 72.4 Å². The molecule has 1 aliphatic rings. The number of hydrogen-bond acceptors (Lipinski definition) is 4. The Morgan fingerprint density at radius 1 is 1.38 bits per heavy atom. The summed E-state index contributed by atoms with van der Waals surface area (Å²) in [6, 6.07) is 6.15. The predicted octanol–water partition coefficient (Wildman–Crippen LogP) is 3.69. The van der Waals surface area contributed by atoms with E-state index >= 15 is 0 Å². The van der Waals surface area contributed by atoms with E-state index in [1.807, 2.05) is 12.1 Å². The molecule has 1 aliphatic carbocycles. The molecule has 1 aromatic carbocycles. The average molecular weight is 403 g/mol. The lowest BCUT2D eigenvalue weighted by Crippen LogP contribution is -2.41. The Balaban J connectivity index is 2.31. The number of hydrogen-bond donors (Lipinski definition) is 1. The number of halogens is 1. The minimum atomic E-state index is -0.269. The van der Waals surface area contributed by atoms with Gasteiger partial charge in [0.15, 0.2) is 0 Å². The van der Waals surface area contributed by atoms with E-state index in [-0.39, 0.29) is 16.7 Å². The van der Waals surface area contributed by atoms with Gasteiger partial charge in [0, 0.05) is 28.3 Å². The highest BCUT2D eigenvalue weighted by atomic mass is 127. The molecule has 0 heterocycles. The zero-order chi connectivity index (χ0) is 15.4. The molecule has 1 saturated carbocycles. The van der Waals surface area contributed by atoms with Crippen molar-refractivity contribution in [2.45, 2.75) is 51.1 Å². The third-order valence-electron chi connectivity index (χ3n) is 4.09. The van der Waals surface area contributed by atoms with E-state index in [1.165, 1.54) is 0 Å². The van der Waals surface area contributed by atoms with Crippen LogP contribution in [0.5, 0.6) is 0 Å². The second-order valence-corrected chi connectivity index (χ2v) is 6.90. The van der Waals surface area contributed by atoms with E-state index in [0.717, 1.165) is 47.9 Å². The number of nitrogens with zero attached hydrogens (tertiary/aromatic N) is 2. The first-order valence-corrected chi connectivity index (χ1v) is 8.57. The fraction of sp³-hybridized carbons (Fsp3) is 0.600. The molecule has 0 unspecified atom stereocenters. The van der Waals surface area contributed by atoms with Gasteiger partial charge in [-0.15, -0.1) is 0 Å². The van der Waals surface area contributed by atoms with Crippen LogP contribution in [0, 0.1) is 13.7 Å². The maximum Gasteiger partial charge on any atom is 0.293 e. The van der Waals surface area contributed by atoms with E-state index in [9.17, 15) is 10.1 Å². The van der Waals surface area contributed by atoms with Crippen molar-refractivity contribution in [2.24, 2.45) is 5.73 Å². The third-order valence-corrected chi connectivity index (χ3v) is 4.76. The summed E-state index contributed by atoms with van der Waals surface area (Å²) in [7, 11) is 0. The molecule has 1 aromatic rings. The second-order valence-electron chi connectivity index (χ2n) is 5.65. The lowest BCUT2D eigenvalue weighted by molar-refractivity contribution is -0.384. The Bertz CT molecular complexity index is 502. The van der Waals surface area contributed by atoms with Crippen LogP contribution in [0.3, 0.4) is 0 Å². The lowest BCUT2D eigenvalue weighted by Gasteiger charge is -2.37. The van der Waals surface area contributed by atoms with Gasteiger partial charge in [-0.3, -0.25) is 10.1 Å². The highest BCUT2D eigenvalue weighted by Gasteiger charge is 2.28. The Hall–Kier alpha value is -0.890. The van der Waals surface area contributed by atoms with Gasteiger partial charge in [0.25, 0.3) is 5.69 Å². The van der Waals surface area contributed by atoms with Crippen LogP contribution in [-0.2, 0) is 0 Å². The SMILES string of the molecule is CCCN(c1ccc(I)cc1[N+](=O)[O-])C1CCC(N)CC1. The second kappa shape index (κ2) is 7.40. The molecule has 6 heteroatoms. The van der Waals surface area contributed by atoms with Gasteiger partial charge in [0.2, 0.25) is 0 Å². The Labute approximate surface area is 139 Å². The van der Waals surface area contributed by atoms with E-state index in [2.05, 4.69) is 34.4 Å². The molecule has 21 heavy (non-hydrogen) atoms. The normalized spacial score (nSPS) is 22.0. The van der Waals surface area contributed by atoms with Crippen LogP contribution in [0.4, 0.5) is 11.4 Å². The van der Waals surface area contributed by atoms with Crippen LogP contribution in [0.1, 0.15) is 39.0 Å². The average Bonchev–Trinajstić information content (AvgIpc) is 2.46. The molecule has 0 aliphatic heterocycles. The molecular weight excluding hydrogens is 381 g/mol. The van der Waals surface area contributed by atoms with Gasteiger partial charge in [-0.25, -0.2) is 0 Å². The van der Waals surface area contributed by atoms with Crippen molar-refractivity contribution in [3.8, 4) is 0 Å². The molecule has 2 N–H and O–H groups in total. The Morgan fingerprint density at radius 3 is 2.62 bits per heavy atom. The fourth-order valence-corrected chi connectivity index (χ4v) is 3.51. The summed E-state index contributed by atoms with van der Waals surface area (Å²) in [5.74, 6) is 0. The molecule has 2 rings (SSSR count). The first-order chi connectivity index (χ1) is 10.0. The van der Waals surface area contributed by atoms with Crippen molar-refractivity contribution in [3.63, 3.8) is 0 Å². The number of benzene rings is 1. The molecule has 0 atom stereocenters. The van der Waals surface area contributed by atoms with Crippen molar-refractivity contribution in [3.05, 3.63) is 31.9 Å². The molecule has 0 aromatic heterocycles. The zero-order valence-corrected chi connectivity index (χ0v) is 14.5. The van der Waals surface area contributed by atoms with Crippen LogP contribution < -0.4 is 10.6 Å². The quantitative estimate of drug-likeness (QED) is 0.463. The summed E-state index contributed by atoms with van der Waals surface area (Å²) in [6.07, 6.45) is 5.02. The van der Waals surface area contributed by atoms with Crippen molar-refractivity contribution in [1.29, 1.82) is 0 Å². The molecule has 116 valence electrons. The summed E-state index contributed by atoms with van der Waals surface area (Å²) in [5, 5.41) is 11.4. The van der Waals surface area contributed by atoms with E-state index in [1.54, 1.807) is 6.07 Å². The van der Waals surface area contributed by atoms with Crippen LogP contribution in [-0.4, -0.2) is 23.6 Å². The van der Waals surface area contributed by atoms with Gasteiger partial charge in [-0.2, -0.15) is 0 Å². The maximum absolute atomic E-state index is 11.4. The molecule has 0 amide bonds. The van der Waals surface area contributed by atoms with Crippen LogP contribution >= 0.6 is 22.6 Å². The van der Waals surface area contributed by atoms with Crippen molar-refractivity contribution < 1.29 is 4.92 Å². The number of rotatable bonds is 5. The molecule has 0 radical (unpaired) electrons. The van der Waals surface area contributed by atoms with E-state index in [4.69, 9.17) is 5.73 Å². The van der Waals surface area contributed by atoms with E-state index in [0.29, 0.717) is 6.04 Å². The number of nitro benzene ring substituents is 1. The molecule has 1 fully saturated rings. The highest BCUT2D eigenvalue weighted by molar-refractivity contribution is 14.1. The van der Waals surface area contributed by atoms with Gasteiger partial charge in [0.05, 0.1) is 4.92 Å². The number of anilines is 1. The largest absolute Gasteiger partial charge is 0.363 e. The summed E-state index contributed by atoms with van der Waals surface area (Å²) >= 11 is 2.12. The van der Waals surface area contributed by atoms with Crippen molar-refractivity contribution in [1.82, 2.24) is 0 Å². The summed E-state index contributed by atoms with van der Waals surface area (Å²) in [6.45, 7) is 2.96. The Kier molecular flexibility index (Phi) is 5.80. The summed E-state index contributed by atoms with van der Waals surface area (Å²) in [5.41, 5.74) is 6.95. The first-order valence-electron chi connectivity index (χ1n) is 7.49. The van der Waals surface area contributed by atoms with Gasteiger partial charge >= 0.3 is 0 Å². The monoisotopic (exact) mass is 403 g/mol. The number of nitrogens with two attached hydrogens (primary N) is 1. The zero-order valence-electron chi connectivity index (χ0n) is 12.3. The van der Waals surface area contributed by atoms with Gasteiger partial charge in [-0.1, -0.05) is 6.92 Å². The minimum absolute atomic E-state index is 0.213. The highest BCUT2D eigenvalue weighted by Crippen LogP contribution is 2.34. The Morgan fingerprint density at radius 2 is 2.05 bits per heavy atom. The van der Waals surface area contributed by atoms with Crippen molar-refractivity contribution in [2.75, 3.05) is 11.4 Å². The van der Waals surface area contributed by atoms with Crippen LogP contribution in [0.2, 0.25) is 0 Å². The van der Waals surface area contributed by atoms with Gasteiger partial charge in [-0.05, 0) is 66.8 Å². The lowest BCUT2D eigenvalue weighted by atomic mass is 9.90. The maximum atomic E-state index is 11.4. The third kappa shape index (κ3) is 4.06. The smallest absolute Gasteiger partial charge is 0.293 e. The van der Waals surface area contributed by atoms with E-state index < -0.39 is 0 Å². The molecule has 0 bridgehead atoms. The minimum Gasteiger partial charge on any atom is -0.363 e. The molecule has 5 nitrogen and oxygen atoms in total. The molecular formula is C15H22IN3O2. The van der Waals surface area contributed by atoms with Crippen LogP contribution in [0.25, 0.3) is 0 Å². The predicted molar refractivity (Wildman–Crippen MR) is 93.7 cm³/mol. The van der Waals surface area contributed by atoms with Gasteiger partial charge < -0.3 is 10.6 Å². The molecule has 0 saturated heterocycles. The molecule has 0 spiro atoms. The van der Waals surface area contributed by atoms with Crippen LogP contribution in [0.15, 0.2) is 18.2 Å². The number of nitro groups is 1. The van der Waals surface area contributed by atoms with Gasteiger partial charge in [0.1, 0.15) is 5.69 Å². The fourth-order valence-electron chi connectivity index (χ4n) is 3.04. The summed E-state index contributed by atoms with van der Waals surface area (Å²) < 4.78 is 0.894. The summed E-state index contributed by atoms with van der Waals surface area (Å²) in [4.78, 5) is 13.3. The van der Waals surface area contributed by atoms with Crippen molar-refractivity contribution >= 4 is 34.0 Å². The first kappa shape index (κ1) is 16.5.